The number of methoxy groups -OCH3 is 3. The maximum absolute atomic E-state index is 5.39. The van der Waals surface area contributed by atoms with Crippen molar-refractivity contribution in [1.29, 1.82) is 0 Å². The molecule has 8 nitrogen and oxygen atoms in total. The highest BCUT2D eigenvalue weighted by Gasteiger charge is 2.14. The van der Waals surface area contributed by atoms with Gasteiger partial charge >= 0.3 is 0 Å². The van der Waals surface area contributed by atoms with Crippen LogP contribution < -0.4 is 24.8 Å². The summed E-state index contributed by atoms with van der Waals surface area (Å²) >= 11 is 0. The summed E-state index contributed by atoms with van der Waals surface area (Å²) in [7, 11) is 6.46. The Kier molecular flexibility index (Phi) is 7.34. The molecule has 0 amide bonds. The van der Waals surface area contributed by atoms with Crippen LogP contribution in [0.5, 0.6) is 17.2 Å². The molecule has 0 saturated heterocycles. The molecule has 0 unspecified atom stereocenters. The van der Waals surface area contributed by atoms with Gasteiger partial charge in [0.15, 0.2) is 17.5 Å². The van der Waals surface area contributed by atoms with E-state index in [0.717, 1.165) is 18.1 Å². The number of anilines is 1. The van der Waals surface area contributed by atoms with E-state index in [2.05, 4.69) is 39.0 Å². The Morgan fingerprint density at radius 1 is 1.15 bits per heavy atom. The fourth-order valence-corrected chi connectivity index (χ4v) is 2.70. The summed E-state index contributed by atoms with van der Waals surface area (Å²) in [4.78, 5) is 8.69. The van der Waals surface area contributed by atoms with Crippen molar-refractivity contribution >= 4 is 11.6 Å². The number of hydrogen-bond donors (Lipinski definition) is 2. The van der Waals surface area contributed by atoms with E-state index in [1.807, 2.05) is 24.5 Å². The monoisotopic (exact) mass is 375 g/mol. The number of nitrogens with one attached hydrogen (secondary N) is 2. The first-order valence-corrected chi connectivity index (χ1v) is 8.80. The van der Waals surface area contributed by atoms with E-state index in [0.29, 0.717) is 35.7 Å². The number of imidazole rings is 1. The smallest absolute Gasteiger partial charge is 0.203 e. The Balaban J connectivity index is 2.11. The molecule has 0 radical (unpaired) electrons. The Hall–Kier alpha value is -2.90. The van der Waals surface area contributed by atoms with E-state index in [-0.39, 0.29) is 0 Å². The SMILES string of the molecule is CN=C(NCc1nccn1CC(C)C)Nc1cc(OC)c(OC)c(OC)c1. The molecule has 2 rings (SSSR count). The van der Waals surface area contributed by atoms with Crippen LogP contribution in [0, 0.1) is 5.92 Å². The van der Waals surface area contributed by atoms with Crippen LogP contribution in [0.25, 0.3) is 0 Å². The minimum Gasteiger partial charge on any atom is -0.493 e. The van der Waals surface area contributed by atoms with Gasteiger partial charge in [-0.3, -0.25) is 4.99 Å². The van der Waals surface area contributed by atoms with Crippen LogP contribution in [-0.2, 0) is 13.1 Å². The molecule has 1 aromatic carbocycles. The summed E-state index contributed by atoms with van der Waals surface area (Å²) in [5.41, 5.74) is 0.767. The van der Waals surface area contributed by atoms with Crippen molar-refractivity contribution in [3.8, 4) is 17.2 Å². The number of aromatic nitrogens is 2. The van der Waals surface area contributed by atoms with Crippen LogP contribution >= 0.6 is 0 Å². The number of benzene rings is 1. The maximum atomic E-state index is 5.39. The van der Waals surface area contributed by atoms with E-state index >= 15 is 0 Å². The maximum Gasteiger partial charge on any atom is 0.203 e. The van der Waals surface area contributed by atoms with Gasteiger partial charge in [-0.2, -0.15) is 0 Å². The molecule has 8 heteroatoms. The molecular weight excluding hydrogens is 346 g/mol. The largest absolute Gasteiger partial charge is 0.493 e. The highest BCUT2D eigenvalue weighted by Crippen LogP contribution is 2.39. The number of nitrogens with zero attached hydrogens (tertiary/aromatic N) is 3. The van der Waals surface area contributed by atoms with Gasteiger partial charge in [0.05, 0.1) is 27.9 Å². The number of rotatable bonds is 8. The van der Waals surface area contributed by atoms with Gasteiger partial charge in [0.1, 0.15) is 5.82 Å². The zero-order valence-corrected chi connectivity index (χ0v) is 16.9. The van der Waals surface area contributed by atoms with Crippen LogP contribution in [0.4, 0.5) is 5.69 Å². The third-order valence-corrected chi connectivity index (χ3v) is 3.93. The standard InChI is InChI=1S/C19H29N5O3/c1-13(2)12-24-8-7-21-17(24)11-22-19(20-3)23-14-9-15(25-4)18(27-6)16(10-14)26-5/h7-10,13H,11-12H2,1-6H3,(H2,20,22,23). The lowest BCUT2D eigenvalue weighted by Crippen LogP contribution is -2.31. The minimum atomic E-state index is 0.546. The average molecular weight is 375 g/mol. The third-order valence-electron chi connectivity index (χ3n) is 3.93. The molecule has 1 aromatic heterocycles. The van der Waals surface area contributed by atoms with E-state index in [1.165, 1.54) is 0 Å². The van der Waals surface area contributed by atoms with Gasteiger partial charge < -0.3 is 29.4 Å². The lowest BCUT2D eigenvalue weighted by molar-refractivity contribution is 0.324. The quantitative estimate of drug-likeness (QED) is 0.545. The lowest BCUT2D eigenvalue weighted by Gasteiger charge is -2.17. The number of ether oxygens (including phenoxy) is 3. The molecule has 2 N–H and O–H groups in total. The first-order valence-electron chi connectivity index (χ1n) is 8.80. The first kappa shape index (κ1) is 20.4. The molecule has 0 atom stereocenters. The van der Waals surface area contributed by atoms with Gasteiger partial charge in [0.25, 0.3) is 0 Å². The normalized spacial score (nSPS) is 11.4. The van der Waals surface area contributed by atoms with Gasteiger partial charge in [-0.1, -0.05) is 13.8 Å². The van der Waals surface area contributed by atoms with Crippen LogP contribution in [0.2, 0.25) is 0 Å². The fourth-order valence-electron chi connectivity index (χ4n) is 2.70. The van der Waals surface area contributed by atoms with Crippen molar-refractivity contribution in [1.82, 2.24) is 14.9 Å². The summed E-state index contributed by atoms with van der Waals surface area (Å²) in [5.74, 6) is 3.81. The van der Waals surface area contributed by atoms with Gasteiger partial charge in [-0.15, -0.1) is 0 Å². The lowest BCUT2D eigenvalue weighted by atomic mass is 10.2. The Bertz CT molecular complexity index is 745. The second-order valence-corrected chi connectivity index (χ2v) is 6.35. The summed E-state index contributed by atoms with van der Waals surface area (Å²) in [5, 5.41) is 6.52. The average Bonchev–Trinajstić information content (AvgIpc) is 3.10. The van der Waals surface area contributed by atoms with Crippen LogP contribution in [0.15, 0.2) is 29.5 Å². The molecule has 0 aliphatic carbocycles. The highest BCUT2D eigenvalue weighted by atomic mass is 16.5. The van der Waals surface area contributed by atoms with E-state index in [9.17, 15) is 0 Å². The zero-order valence-electron chi connectivity index (χ0n) is 16.9. The van der Waals surface area contributed by atoms with Crippen molar-refractivity contribution in [3.05, 3.63) is 30.4 Å². The summed E-state index contributed by atoms with van der Waals surface area (Å²) in [6.45, 7) is 5.85. The molecule has 148 valence electrons. The second kappa shape index (κ2) is 9.70. The van der Waals surface area contributed by atoms with Crippen LogP contribution in [0.1, 0.15) is 19.7 Å². The third kappa shape index (κ3) is 5.29. The van der Waals surface area contributed by atoms with E-state index in [4.69, 9.17) is 14.2 Å². The van der Waals surface area contributed by atoms with Crippen molar-refractivity contribution in [3.63, 3.8) is 0 Å². The topological polar surface area (TPSA) is 81.9 Å². The van der Waals surface area contributed by atoms with Gasteiger partial charge in [0, 0.05) is 43.8 Å². The second-order valence-electron chi connectivity index (χ2n) is 6.35. The zero-order chi connectivity index (χ0) is 19.8. The minimum absolute atomic E-state index is 0.546. The molecule has 2 aromatic rings. The summed E-state index contributed by atoms with van der Waals surface area (Å²) < 4.78 is 18.3. The molecule has 0 spiro atoms. The Morgan fingerprint density at radius 2 is 1.81 bits per heavy atom. The predicted molar refractivity (Wildman–Crippen MR) is 107 cm³/mol. The molecule has 0 bridgehead atoms. The Morgan fingerprint density at radius 3 is 2.33 bits per heavy atom. The Labute approximate surface area is 160 Å². The first-order chi connectivity index (χ1) is 13.0. The van der Waals surface area contributed by atoms with Crippen molar-refractivity contribution in [2.24, 2.45) is 10.9 Å². The highest BCUT2D eigenvalue weighted by molar-refractivity contribution is 5.94. The predicted octanol–water partition coefficient (Wildman–Crippen LogP) is 2.75. The van der Waals surface area contributed by atoms with Crippen molar-refractivity contribution in [2.75, 3.05) is 33.7 Å². The molecule has 0 fully saturated rings. The molecule has 0 aliphatic rings. The fraction of sp³-hybridized carbons (Fsp3) is 0.474. The van der Waals surface area contributed by atoms with Gasteiger partial charge in [-0.25, -0.2) is 4.98 Å². The summed E-state index contributed by atoms with van der Waals surface area (Å²) in [6, 6.07) is 3.65. The van der Waals surface area contributed by atoms with Crippen molar-refractivity contribution in [2.45, 2.75) is 26.9 Å². The molecule has 0 saturated carbocycles. The number of hydrogen-bond acceptors (Lipinski definition) is 5. The molecule has 1 heterocycles. The number of aliphatic imine (C=N–C) groups is 1. The molecule has 0 aliphatic heterocycles. The van der Waals surface area contributed by atoms with E-state index < -0.39 is 0 Å². The van der Waals surface area contributed by atoms with Gasteiger partial charge in [-0.05, 0) is 5.92 Å². The van der Waals surface area contributed by atoms with E-state index in [1.54, 1.807) is 28.4 Å². The van der Waals surface area contributed by atoms with Crippen molar-refractivity contribution < 1.29 is 14.2 Å². The number of guanidine groups is 1. The van der Waals surface area contributed by atoms with Gasteiger partial charge in [0.2, 0.25) is 5.75 Å². The van der Waals surface area contributed by atoms with Crippen LogP contribution in [-0.4, -0.2) is 43.9 Å². The van der Waals surface area contributed by atoms with Crippen LogP contribution in [0.3, 0.4) is 0 Å². The molecular formula is C19H29N5O3. The molecule has 27 heavy (non-hydrogen) atoms. The summed E-state index contributed by atoms with van der Waals surface area (Å²) in [6.07, 6.45) is 3.81.